The van der Waals surface area contributed by atoms with Crippen molar-refractivity contribution < 1.29 is 4.74 Å². The lowest BCUT2D eigenvalue weighted by Gasteiger charge is -2.37. The third kappa shape index (κ3) is 2.93. The fourth-order valence-electron chi connectivity index (χ4n) is 3.14. The molecular weight excluding hydrogens is 236 g/mol. The lowest BCUT2D eigenvalue weighted by atomic mass is 9.79. The molecule has 1 heterocycles. The first-order valence-corrected chi connectivity index (χ1v) is 7.10. The van der Waals surface area contributed by atoms with E-state index in [1.807, 2.05) is 0 Å². The molecule has 1 aliphatic heterocycles. The lowest BCUT2D eigenvalue weighted by Crippen LogP contribution is -2.40. The van der Waals surface area contributed by atoms with Crippen LogP contribution in [0.1, 0.15) is 29.0 Å². The van der Waals surface area contributed by atoms with Crippen molar-refractivity contribution >= 4 is 0 Å². The number of piperidine rings is 1. The summed E-state index contributed by atoms with van der Waals surface area (Å²) in [7, 11) is 3.94. The van der Waals surface area contributed by atoms with Crippen molar-refractivity contribution in [1.82, 2.24) is 4.90 Å². The number of hydrogen-bond donors (Lipinski definition) is 1. The van der Waals surface area contributed by atoms with E-state index >= 15 is 0 Å². The summed E-state index contributed by atoms with van der Waals surface area (Å²) in [6, 6.07) is 4.46. The maximum absolute atomic E-state index is 5.99. The Balaban J connectivity index is 2.36. The molecule has 2 rings (SSSR count). The average molecular weight is 262 g/mol. The minimum atomic E-state index is 0.523. The van der Waals surface area contributed by atoms with Gasteiger partial charge in [-0.2, -0.15) is 0 Å². The third-order valence-electron chi connectivity index (χ3n) is 4.49. The smallest absolute Gasteiger partial charge is 0.122 e. The van der Waals surface area contributed by atoms with Crippen LogP contribution in [0.2, 0.25) is 0 Å². The van der Waals surface area contributed by atoms with Crippen LogP contribution >= 0.6 is 0 Å². The van der Waals surface area contributed by atoms with E-state index in [9.17, 15) is 0 Å². The molecule has 2 unspecified atom stereocenters. The fraction of sp³-hybridized carbons (Fsp3) is 0.625. The van der Waals surface area contributed by atoms with Gasteiger partial charge in [0.1, 0.15) is 5.75 Å². The van der Waals surface area contributed by atoms with E-state index in [0.717, 1.165) is 31.8 Å². The number of ether oxygens (including phenoxy) is 1. The number of methoxy groups -OCH3 is 1. The highest BCUT2D eigenvalue weighted by atomic mass is 16.5. The molecular formula is C16H26N2O. The van der Waals surface area contributed by atoms with Gasteiger partial charge < -0.3 is 15.4 Å². The first-order valence-electron chi connectivity index (χ1n) is 7.10. The van der Waals surface area contributed by atoms with Gasteiger partial charge >= 0.3 is 0 Å². The molecule has 0 amide bonds. The van der Waals surface area contributed by atoms with Gasteiger partial charge in [-0.3, -0.25) is 0 Å². The summed E-state index contributed by atoms with van der Waals surface area (Å²) in [6.07, 6.45) is 1.16. The SMILES string of the molecule is COc1cc(C)c(C)cc1C1CCN(C)CC1CN. The second kappa shape index (κ2) is 5.93. The van der Waals surface area contributed by atoms with Crippen LogP contribution in [0.25, 0.3) is 0 Å². The average Bonchev–Trinajstić information content (AvgIpc) is 2.41. The molecule has 1 aromatic carbocycles. The van der Waals surface area contributed by atoms with E-state index < -0.39 is 0 Å². The van der Waals surface area contributed by atoms with Crippen molar-refractivity contribution in [2.75, 3.05) is 33.8 Å². The molecule has 2 atom stereocenters. The second-order valence-electron chi connectivity index (χ2n) is 5.83. The molecule has 1 saturated heterocycles. The van der Waals surface area contributed by atoms with Crippen LogP contribution in [-0.4, -0.2) is 38.7 Å². The van der Waals surface area contributed by atoms with Gasteiger partial charge in [-0.1, -0.05) is 6.07 Å². The van der Waals surface area contributed by atoms with E-state index in [2.05, 4.69) is 37.9 Å². The van der Waals surface area contributed by atoms with Gasteiger partial charge in [0, 0.05) is 6.54 Å². The Morgan fingerprint density at radius 1 is 1.32 bits per heavy atom. The molecule has 3 heteroatoms. The summed E-state index contributed by atoms with van der Waals surface area (Å²) >= 11 is 0. The normalized spacial score (nSPS) is 24.5. The van der Waals surface area contributed by atoms with Crippen molar-refractivity contribution in [1.29, 1.82) is 0 Å². The van der Waals surface area contributed by atoms with Crippen LogP contribution in [-0.2, 0) is 0 Å². The largest absolute Gasteiger partial charge is 0.496 e. The molecule has 0 saturated carbocycles. The molecule has 0 spiro atoms. The van der Waals surface area contributed by atoms with Gasteiger partial charge in [0.05, 0.1) is 7.11 Å². The minimum absolute atomic E-state index is 0.523. The molecule has 1 fully saturated rings. The highest BCUT2D eigenvalue weighted by molar-refractivity contribution is 5.44. The number of nitrogens with two attached hydrogens (primary N) is 1. The molecule has 0 bridgehead atoms. The molecule has 0 radical (unpaired) electrons. The predicted molar refractivity (Wildman–Crippen MR) is 79.9 cm³/mol. The summed E-state index contributed by atoms with van der Waals surface area (Å²) in [5.41, 5.74) is 9.96. The molecule has 0 aromatic heterocycles. The summed E-state index contributed by atoms with van der Waals surface area (Å²) in [5, 5.41) is 0. The number of benzene rings is 1. The van der Waals surface area contributed by atoms with E-state index in [4.69, 9.17) is 10.5 Å². The van der Waals surface area contributed by atoms with Crippen molar-refractivity contribution in [2.45, 2.75) is 26.2 Å². The number of rotatable bonds is 3. The molecule has 1 aromatic rings. The molecule has 19 heavy (non-hydrogen) atoms. The minimum Gasteiger partial charge on any atom is -0.496 e. The molecule has 106 valence electrons. The summed E-state index contributed by atoms with van der Waals surface area (Å²) in [5.74, 6) is 2.07. The Kier molecular flexibility index (Phi) is 4.48. The molecule has 3 nitrogen and oxygen atoms in total. The van der Waals surface area contributed by atoms with Crippen LogP contribution in [0.15, 0.2) is 12.1 Å². The zero-order chi connectivity index (χ0) is 14.0. The first kappa shape index (κ1) is 14.4. The van der Waals surface area contributed by atoms with E-state index in [0.29, 0.717) is 11.8 Å². The van der Waals surface area contributed by atoms with Gasteiger partial charge in [-0.15, -0.1) is 0 Å². The molecule has 2 N–H and O–H groups in total. The van der Waals surface area contributed by atoms with E-state index in [1.54, 1.807) is 7.11 Å². The van der Waals surface area contributed by atoms with Crippen LogP contribution in [0, 0.1) is 19.8 Å². The zero-order valence-corrected chi connectivity index (χ0v) is 12.6. The quantitative estimate of drug-likeness (QED) is 0.908. The standard InChI is InChI=1S/C16H26N2O/c1-11-7-15(16(19-4)8-12(11)2)14-5-6-18(3)10-13(14)9-17/h7-8,13-14H,5-6,9-10,17H2,1-4H3. The predicted octanol–water partition coefficient (Wildman–Crippen LogP) is 2.31. The summed E-state index contributed by atoms with van der Waals surface area (Å²) < 4.78 is 5.60. The van der Waals surface area contributed by atoms with Gasteiger partial charge in [0.25, 0.3) is 0 Å². The van der Waals surface area contributed by atoms with Gasteiger partial charge in [0.2, 0.25) is 0 Å². The van der Waals surface area contributed by atoms with Crippen molar-refractivity contribution in [2.24, 2.45) is 11.7 Å². The maximum Gasteiger partial charge on any atom is 0.122 e. The van der Waals surface area contributed by atoms with Crippen molar-refractivity contribution in [3.8, 4) is 5.75 Å². The number of aryl methyl sites for hydroxylation is 2. The van der Waals surface area contributed by atoms with Crippen LogP contribution in [0.3, 0.4) is 0 Å². The Labute approximate surface area is 116 Å². The fourth-order valence-corrected chi connectivity index (χ4v) is 3.14. The Morgan fingerprint density at radius 3 is 2.63 bits per heavy atom. The Hall–Kier alpha value is -1.06. The Morgan fingerprint density at radius 2 is 2.00 bits per heavy atom. The van der Waals surface area contributed by atoms with E-state index in [1.165, 1.54) is 16.7 Å². The monoisotopic (exact) mass is 262 g/mol. The first-order chi connectivity index (χ1) is 9.06. The topological polar surface area (TPSA) is 38.5 Å². The third-order valence-corrected chi connectivity index (χ3v) is 4.49. The Bertz CT molecular complexity index is 445. The highest BCUT2D eigenvalue weighted by Crippen LogP contribution is 2.38. The second-order valence-corrected chi connectivity index (χ2v) is 5.83. The number of hydrogen-bond acceptors (Lipinski definition) is 3. The highest BCUT2D eigenvalue weighted by Gasteiger charge is 2.30. The zero-order valence-electron chi connectivity index (χ0n) is 12.6. The van der Waals surface area contributed by atoms with Gasteiger partial charge in [-0.05, 0) is 75.0 Å². The number of likely N-dealkylation sites (tertiary alicyclic amines) is 1. The maximum atomic E-state index is 5.99. The van der Waals surface area contributed by atoms with Gasteiger partial charge in [0.15, 0.2) is 0 Å². The van der Waals surface area contributed by atoms with Crippen LogP contribution in [0.4, 0.5) is 0 Å². The van der Waals surface area contributed by atoms with Crippen molar-refractivity contribution in [3.63, 3.8) is 0 Å². The van der Waals surface area contributed by atoms with Gasteiger partial charge in [-0.25, -0.2) is 0 Å². The lowest BCUT2D eigenvalue weighted by molar-refractivity contribution is 0.186. The summed E-state index contributed by atoms with van der Waals surface area (Å²) in [6.45, 7) is 7.26. The van der Waals surface area contributed by atoms with Crippen LogP contribution in [0.5, 0.6) is 5.75 Å². The molecule has 1 aliphatic rings. The molecule has 0 aliphatic carbocycles. The summed E-state index contributed by atoms with van der Waals surface area (Å²) in [4.78, 5) is 2.38. The van der Waals surface area contributed by atoms with E-state index in [-0.39, 0.29) is 0 Å². The van der Waals surface area contributed by atoms with Crippen molar-refractivity contribution in [3.05, 3.63) is 28.8 Å². The number of nitrogens with zero attached hydrogens (tertiary/aromatic N) is 1. The van der Waals surface area contributed by atoms with Crippen LogP contribution < -0.4 is 10.5 Å².